The molecule has 3 heterocycles. The van der Waals surface area contributed by atoms with Crippen LogP contribution >= 0.6 is 0 Å². The summed E-state index contributed by atoms with van der Waals surface area (Å²) in [4.78, 5) is 32.8. The van der Waals surface area contributed by atoms with E-state index in [2.05, 4.69) is 41.2 Å². The summed E-state index contributed by atoms with van der Waals surface area (Å²) in [6.07, 6.45) is 10.1. The maximum Gasteiger partial charge on any atom is 0.410 e. The van der Waals surface area contributed by atoms with Crippen LogP contribution in [0.4, 0.5) is 4.79 Å². The fourth-order valence-electron chi connectivity index (χ4n) is 4.74. The molecule has 3 fully saturated rings. The molecule has 1 N–H and O–H groups in total. The van der Waals surface area contributed by atoms with Gasteiger partial charge in [-0.25, -0.2) is 9.78 Å². The Labute approximate surface area is 238 Å². The Morgan fingerprint density at radius 3 is 2.35 bits per heavy atom. The van der Waals surface area contributed by atoms with Crippen LogP contribution in [-0.2, 0) is 11.3 Å². The smallest absolute Gasteiger partial charge is 0.410 e. The number of ether oxygens (including phenoxy) is 2. The number of aromatic nitrogens is 1. The van der Waals surface area contributed by atoms with Gasteiger partial charge in [-0.05, 0) is 83.2 Å². The number of piperidine rings is 1. The van der Waals surface area contributed by atoms with Gasteiger partial charge in [-0.1, -0.05) is 29.9 Å². The first kappa shape index (κ1) is 29.3. The normalized spacial score (nSPS) is 17.7. The number of rotatable bonds is 8. The molecule has 8 nitrogen and oxygen atoms in total. The van der Waals surface area contributed by atoms with Crippen molar-refractivity contribution in [1.29, 1.82) is 0 Å². The number of nitrogens with one attached hydrogen (secondary N) is 1. The van der Waals surface area contributed by atoms with Crippen molar-refractivity contribution in [1.82, 2.24) is 20.1 Å². The number of hydrogen-bond acceptors (Lipinski definition) is 6. The lowest BCUT2D eigenvalue weighted by atomic mass is 10.0. The standard InChI is InChI=1S/C25H30N4O4.C7H12/c1-17-19(16-28-12-10-21(11-13-28)29-14-15-32-25(29)31)4-9-23(26-17)33-22-7-2-18(3-8-22)24(30)27-20-5-6-20;1-4-5-6-7(2)3/h2-4,7-9,20-21H,5-6,10-16H2,1H3,(H,27,30);4-6H,1-3H3/b;5-4-. The highest BCUT2D eigenvalue weighted by molar-refractivity contribution is 5.94. The van der Waals surface area contributed by atoms with Crippen molar-refractivity contribution in [3.05, 3.63) is 77.0 Å². The molecule has 214 valence electrons. The Bertz CT molecular complexity index is 1210. The zero-order chi connectivity index (χ0) is 28.5. The van der Waals surface area contributed by atoms with Gasteiger partial charge in [-0.2, -0.15) is 0 Å². The lowest BCUT2D eigenvalue weighted by Gasteiger charge is -2.35. The van der Waals surface area contributed by atoms with Crippen molar-refractivity contribution < 1.29 is 19.1 Å². The highest BCUT2D eigenvalue weighted by Crippen LogP contribution is 2.25. The molecule has 0 atom stereocenters. The van der Waals surface area contributed by atoms with Crippen molar-refractivity contribution >= 4 is 12.0 Å². The molecule has 3 aliphatic rings. The zero-order valence-electron chi connectivity index (χ0n) is 24.2. The first-order valence-corrected chi connectivity index (χ1v) is 14.3. The minimum absolute atomic E-state index is 0.0354. The van der Waals surface area contributed by atoms with Gasteiger partial charge in [0.25, 0.3) is 5.91 Å². The van der Waals surface area contributed by atoms with Gasteiger partial charge < -0.3 is 19.7 Å². The molecule has 0 radical (unpaired) electrons. The van der Waals surface area contributed by atoms with Crippen molar-refractivity contribution in [2.45, 2.75) is 72.0 Å². The SMILES string of the molecule is C/C=C\C=C(C)C.Cc1nc(Oc2ccc(C(=O)NC3CC3)cc2)ccc1CN1CCC(N2CCOC2=O)CC1. The van der Waals surface area contributed by atoms with E-state index in [0.717, 1.165) is 51.0 Å². The second-order valence-electron chi connectivity index (χ2n) is 10.9. The summed E-state index contributed by atoms with van der Waals surface area (Å²) in [6, 6.07) is 11.7. The van der Waals surface area contributed by atoms with Crippen LogP contribution in [0.3, 0.4) is 0 Å². The molecule has 1 saturated carbocycles. The Morgan fingerprint density at radius 1 is 1.07 bits per heavy atom. The van der Waals surface area contributed by atoms with E-state index < -0.39 is 0 Å². The lowest BCUT2D eigenvalue weighted by Crippen LogP contribution is -2.45. The van der Waals surface area contributed by atoms with E-state index in [-0.39, 0.29) is 18.0 Å². The van der Waals surface area contributed by atoms with E-state index in [1.54, 1.807) is 24.3 Å². The van der Waals surface area contributed by atoms with E-state index in [4.69, 9.17) is 9.47 Å². The van der Waals surface area contributed by atoms with Crippen LogP contribution in [0.1, 0.15) is 68.1 Å². The van der Waals surface area contributed by atoms with E-state index in [1.807, 2.05) is 37.0 Å². The van der Waals surface area contributed by atoms with Gasteiger partial charge in [0.1, 0.15) is 12.4 Å². The molecule has 1 aliphatic carbocycles. The average molecular weight is 547 g/mol. The minimum atomic E-state index is -0.166. The van der Waals surface area contributed by atoms with Gasteiger partial charge in [0.15, 0.2) is 0 Å². The molecular formula is C32H42N4O4. The predicted molar refractivity (Wildman–Crippen MR) is 157 cm³/mol. The largest absolute Gasteiger partial charge is 0.448 e. The third-order valence-corrected chi connectivity index (χ3v) is 7.23. The average Bonchev–Trinajstić information content (AvgIpc) is 3.66. The third kappa shape index (κ3) is 8.68. The van der Waals surface area contributed by atoms with Gasteiger partial charge in [-0.3, -0.25) is 9.69 Å². The zero-order valence-corrected chi connectivity index (χ0v) is 24.2. The Hall–Kier alpha value is -3.65. The number of carbonyl (C=O) groups is 2. The molecule has 0 bridgehead atoms. The molecule has 2 aliphatic heterocycles. The first-order valence-electron chi connectivity index (χ1n) is 14.3. The van der Waals surface area contributed by atoms with Crippen molar-refractivity contribution in [3.8, 4) is 11.6 Å². The fourth-order valence-corrected chi connectivity index (χ4v) is 4.74. The van der Waals surface area contributed by atoms with Gasteiger partial charge in [0.05, 0.1) is 6.54 Å². The molecule has 2 aromatic rings. The molecule has 1 aromatic carbocycles. The van der Waals surface area contributed by atoms with E-state index >= 15 is 0 Å². The summed E-state index contributed by atoms with van der Waals surface area (Å²) in [5, 5.41) is 2.99. The number of aryl methyl sites for hydroxylation is 1. The lowest BCUT2D eigenvalue weighted by molar-refractivity contribution is 0.0951. The van der Waals surface area contributed by atoms with Crippen LogP contribution in [0.15, 0.2) is 60.2 Å². The van der Waals surface area contributed by atoms with Gasteiger partial charge in [-0.15, -0.1) is 0 Å². The topological polar surface area (TPSA) is 84.0 Å². The van der Waals surface area contributed by atoms with Crippen molar-refractivity contribution in [2.24, 2.45) is 0 Å². The molecule has 40 heavy (non-hydrogen) atoms. The van der Waals surface area contributed by atoms with E-state index in [1.165, 1.54) is 11.1 Å². The summed E-state index contributed by atoms with van der Waals surface area (Å²) >= 11 is 0. The van der Waals surface area contributed by atoms with E-state index in [9.17, 15) is 9.59 Å². The Morgan fingerprint density at radius 2 is 1.80 bits per heavy atom. The number of nitrogens with zero attached hydrogens (tertiary/aromatic N) is 3. The quantitative estimate of drug-likeness (QED) is 0.408. The summed E-state index contributed by atoms with van der Waals surface area (Å²) in [5.41, 5.74) is 4.10. The molecule has 2 saturated heterocycles. The number of pyridine rings is 1. The molecule has 8 heteroatoms. The number of likely N-dealkylation sites (tertiary alicyclic amines) is 1. The number of allylic oxidation sites excluding steroid dienone is 4. The van der Waals surface area contributed by atoms with E-state index in [0.29, 0.717) is 36.4 Å². The third-order valence-electron chi connectivity index (χ3n) is 7.23. The summed E-state index contributed by atoms with van der Waals surface area (Å²) in [5.74, 6) is 1.16. The summed E-state index contributed by atoms with van der Waals surface area (Å²) < 4.78 is 11.0. The molecule has 5 rings (SSSR count). The highest BCUT2D eigenvalue weighted by atomic mass is 16.6. The molecular weight excluding hydrogens is 504 g/mol. The molecule has 2 amide bonds. The second-order valence-corrected chi connectivity index (χ2v) is 10.9. The number of carbonyl (C=O) groups excluding carboxylic acids is 2. The van der Waals surface area contributed by atoms with Crippen LogP contribution < -0.4 is 10.1 Å². The van der Waals surface area contributed by atoms with Crippen LogP contribution in [0, 0.1) is 6.92 Å². The van der Waals surface area contributed by atoms with Crippen LogP contribution in [-0.4, -0.2) is 65.1 Å². The van der Waals surface area contributed by atoms with Gasteiger partial charge in [0, 0.05) is 49.0 Å². The predicted octanol–water partition coefficient (Wildman–Crippen LogP) is 6.02. The number of cyclic esters (lactones) is 1. The first-order chi connectivity index (χ1) is 19.3. The monoisotopic (exact) mass is 546 g/mol. The fraction of sp³-hybridized carbons (Fsp3) is 0.469. The number of hydrogen-bond donors (Lipinski definition) is 1. The van der Waals surface area contributed by atoms with Crippen LogP contribution in [0.5, 0.6) is 11.6 Å². The Kier molecular flexibility index (Phi) is 10.4. The van der Waals surface area contributed by atoms with Gasteiger partial charge in [0.2, 0.25) is 5.88 Å². The maximum atomic E-state index is 12.1. The van der Waals surface area contributed by atoms with Crippen molar-refractivity contribution in [3.63, 3.8) is 0 Å². The second kappa shape index (κ2) is 14.1. The molecule has 0 unspecified atom stereocenters. The molecule has 1 aromatic heterocycles. The van der Waals surface area contributed by atoms with Crippen molar-refractivity contribution in [2.75, 3.05) is 26.2 Å². The number of amides is 2. The summed E-state index contributed by atoms with van der Waals surface area (Å²) in [7, 11) is 0. The Balaban J connectivity index is 0.000000470. The minimum Gasteiger partial charge on any atom is -0.448 e. The number of benzene rings is 1. The maximum absolute atomic E-state index is 12.1. The molecule has 0 spiro atoms. The van der Waals surface area contributed by atoms with Crippen LogP contribution in [0.25, 0.3) is 0 Å². The van der Waals surface area contributed by atoms with Gasteiger partial charge >= 0.3 is 6.09 Å². The van der Waals surface area contributed by atoms with Crippen LogP contribution in [0.2, 0.25) is 0 Å². The summed E-state index contributed by atoms with van der Waals surface area (Å²) in [6.45, 7) is 12.1. The highest BCUT2D eigenvalue weighted by Gasteiger charge is 2.32.